The van der Waals surface area contributed by atoms with E-state index in [1.54, 1.807) is 55.4 Å². The van der Waals surface area contributed by atoms with Gasteiger partial charge in [0.25, 0.3) is 64.1 Å². The first-order chi connectivity index (χ1) is 57.1. The van der Waals surface area contributed by atoms with E-state index >= 15 is 19.2 Å². The number of aliphatic imine (C=N–C) groups is 1. The summed E-state index contributed by atoms with van der Waals surface area (Å²) in [6, 6.07) is 45.4. The number of aryl methyl sites for hydroxylation is 7. The van der Waals surface area contributed by atoms with Gasteiger partial charge in [-0.3, -0.25) is 57.3 Å². The standard InChI is InChI=1S/C89H66N6O20S4/c1-3-52(34-41-90-2)10-14-56-6-4-7-57(15-11-53-35-42-91-43-36-53)84(56)94-86(96)68-48-72(112-60-18-26-64(27-19-60)116(100,101)102)78-80-74(114-62-22-30-66(31-23-62)118(106,107)108)50-70-77-71(89(99)95(88(70)98)85-58(16-12-54-37-44-92-45-38-54)8-5-9-59(85)17-13-55-39-46-93-47-40-55)51-75(115-63-24-32-67(33-25-63)119(109,110)111)81(83(77)80)79-73(49-69(87(94)97)76(68)82(78)79)113-61-20-28-65(29-21-61)117(103,104)105/h3-9,18-51H,2,10-17H2,1H3,(H,100,101,102)(H,103,104,105)(H,106,107,108)(H,109,110,111)/b41-34-,52-3-. The molecule has 26 nitrogen and oxygen atoms in total. The van der Waals surface area contributed by atoms with Crippen LogP contribution in [0.25, 0.3) is 43.1 Å². The second-order valence-electron chi connectivity index (χ2n) is 28.1. The number of carbonyl (C=O) groups excluding carboxylic acids is 4. The second-order valence-corrected chi connectivity index (χ2v) is 33.7. The fourth-order valence-corrected chi connectivity index (χ4v) is 17.3. The lowest BCUT2D eigenvalue weighted by molar-refractivity contribution is 0.0877. The summed E-state index contributed by atoms with van der Waals surface area (Å²) in [5.41, 5.74) is 5.23. The van der Waals surface area contributed by atoms with Crippen LogP contribution in [0.3, 0.4) is 0 Å². The normalized spacial score (nSPS) is 13.4. The van der Waals surface area contributed by atoms with E-state index in [0.717, 1.165) is 80.6 Å². The molecule has 0 aliphatic carbocycles. The number of rotatable bonds is 28. The molecule has 2 aliphatic rings. The van der Waals surface area contributed by atoms with Gasteiger partial charge in [0.2, 0.25) is 0 Å². The molecule has 0 saturated heterocycles. The number of fused-ring (bicyclic) bond motifs is 2. The maximum Gasteiger partial charge on any atom is 0.294 e. The molecule has 3 aromatic heterocycles. The molecule has 11 aromatic carbocycles. The molecule has 119 heavy (non-hydrogen) atoms. The van der Waals surface area contributed by atoms with Crippen LogP contribution in [0, 0.1) is 0 Å². The first-order valence-electron chi connectivity index (χ1n) is 36.9. The first kappa shape index (κ1) is 79.3. The number of hydrogen-bond donors (Lipinski definition) is 4. The van der Waals surface area contributed by atoms with E-state index < -0.39 is 83.7 Å². The summed E-state index contributed by atoms with van der Waals surface area (Å²) >= 11 is 0. The molecule has 0 fully saturated rings. The van der Waals surface area contributed by atoms with E-state index in [-0.39, 0.29) is 148 Å². The van der Waals surface area contributed by atoms with E-state index in [4.69, 9.17) is 18.9 Å². The molecule has 0 bridgehead atoms. The number of ether oxygens (including phenoxy) is 4. The minimum Gasteiger partial charge on any atom is -0.457 e. The number of anilines is 2. The van der Waals surface area contributed by atoms with Gasteiger partial charge in [0.15, 0.2) is 0 Å². The van der Waals surface area contributed by atoms with Crippen LogP contribution in [0.2, 0.25) is 0 Å². The molecule has 0 radical (unpaired) electrons. The number of pyridine rings is 3. The second kappa shape index (κ2) is 31.8. The SMILES string of the molecule is C=N/C=C\C(=C/C)CCc1cccc(CCc2ccncc2)c1N1C(=O)c2cc(Oc3ccc(S(=O)(=O)O)cc3)c3c4c(Oc5ccc(S(=O)(=O)O)cc5)cc5c6c(cc(Oc7ccc(S(=O)(=O)O)cc7)c(c7c(Oc8ccc(S(=O)(=O)O)cc8)cc(c2c37)C1=O)c64)C(=O)N(c1c(CCc2ccncc2)cccc1CCc1ccncc1)C5=O. The van der Waals surface area contributed by atoms with Gasteiger partial charge in [-0.2, -0.15) is 33.7 Å². The summed E-state index contributed by atoms with van der Waals surface area (Å²) in [6.45, 7) is 5.44. The van der Waals surface area contributed by atoms with Crippen molar-refractivity contribution >= 4 is 125 Å². The molecule has 596 valence electrons. The topological polar surface area (TPSA) is 380 Å². The number of allylic oxidation sites excluding steroid dienone is 3. The molecule has 4 N–H and O–H groups in total. The quantitative estimate of drug-likeness (QED) is 0.00883. The highest BCUT2D eigenvalue weighted by Crippen LogP contribution is 2.59. The van der Waals surface area contributed by atoms with Crippen molar-refractivity contribution in [2.24, 2.45) is 4.99 Å². The van der Waals surface area contributed by atoms with E-state index in [9.17, 15) is 51.9 Å². The number of aromatic nitrogens is 3. The number of amides is 4. The Morgan fingerprint density at radius 2 is 0.622 bits per heavy atom. The Morgan fingerprint density at radius 3 is 0.866 bits per heavy atom. The number of hydrogen-bond acceptors (Lipinski definition) is 20. The van der Waals surface area contributed by atoms with Crippen molar-refractivity contribution in [3.8, 4) is 46.0 Å². The maximum absolute atomic E-state index is 16.9. The fraction of sp³-hybridized carbons (Fsp3) is 0.101. The Balaban J connectivity index is 1.06. The van der Waals surface area contributed by atoms with Gasteiger partial charge in [-0.1, -0.05) is 48.0 Å². The lowest BCUT2D eigenvalue weighted by Gasteiger charge is -2.34. The molecule has 30 heteroatoms. The average Bonchev–Trinajstić information content (AvgIpc) is 0.668. The number of nitrogens with zero attached hydrogens (tertiary/aromatic N) is 6. The van der Waals surface area contributed by atoms with Gasteiger partial charge in [0.05, 0.1) is 53.2 Å². The zero-order chi connectivity index (χ0) is 83.4. The lowest BCUT2D eigenvalue weighted by atomic mass is 9.80. The molecule has 0 atom stereocenters. The molecule has 5 heterocycles. The third kappa shape index (κ3) is 15.7. The molecule has 14 aromatic rings. The third-order valence-corrected chi connectivity index (χ3v) is 24.4. The number of imide groups is 2. The van der Waals surface area contributed by atoms with E-state index in [0.29, 0.717) is 47.9 Å². The minimum absolute atomic E-state index is 0.0879. The summed E-state index contributed by atoms with van der Waals surface area (Å²) in [7, 11) is -19.5. The molecule has 2 aliphatic heterocycles. The smallest absolute Gasteiger partial charge is 0.294 e. The highest BCUT2D eigenvalue weighted by atomic mass is 32.2. The zero-order valence-corrected chi connectivity index (χ0v) is 65.9. The van der Waals surface area contributed by atoms with Crippen molar-refractivity contribution in [3.05, 3.63) is 316 Å². The van der Waals surface area contributed by atoms with Crippen LogP contribution < -0.4 is 28.7 Å². The Kier molecular flexibility index (Phi) is 21.2. The Hall–Kier alpha value is -13.6. The van der Waals surface area contributed by atoms with Crippen molar-refractivity contribution in [1.82, 2.24) is 15.0 Å². The molecule has 0 saturated carbocycles. The van der Waals surface area contributed by atoms with Crippen molar-refractivity contribution in [3.63, 3.8) is 0 Å². The summed E-state index contributed by atoms with van der Waals surface area (Å²) in [4.78, 5) is 84.1. The van der Waals surface area contributed by atoms with Gasteiger partial charge in [-0.05, 0) is 268 Å². The Morgan fingerprint density at radius 1 is 0.361 bits per heavy atom. The summed E-state index contributed by atoms with van der Waals surface area (Å²) in [6.07, 6.45) is 17.6. The molecular formula is C89H66N6O20S4. The first-order valence-corrected chi connectivity index (χ1v) is 42.7. The van der Waals surface area contributed by atoms with Crippen LogP contribution in [0.15, 0.2) is 280 Å². The van der Waals surface area contributed by atoms with E-state index in [2.05, 4.69) is 26.7 Å². The van der Waals surface area contributed by atoms with Crippen molar-refractivity contribution in [2.75, 3.05) is 9.80 Å². The summed E-state index contributed by atoms with van der Waals surface area (Å²) in [5.74, 6) is -5.39. The predicted molar refractivity (Wildman–Crippen MR) is 444 cm³/mol. The fourth-order valence-electron chi connectivity index (χ4n) is 15.4. The third-order valence-electron chi connectivity index (χ3n) is 20.9. The van der Waals surface area contributed by atoms with Crippen LogP contribution in [-0.2, 0) is 85.4 Å². The average molecular weight is 1670 g/mol. The van der Waals surface area contributed by atoms with Crippen LogP contribution in [0.5, 0.6) is 46.0 Å². The number of carbonyl (C=O) groups is 4. The van der Waals surface area contributed by atoms with Crippen molar-refractivity contribution < 1.29 is 90.0 Å². The molecular weight excluding hydrogens is 1600 g/mol. The van der Waals surface area contributed by atoms with Crippen LogP contribution >= 0.6 is 0 Å². The van der Waals surface area contributed by atoms with Gasteiger partial charge >= 0.3 is 0 Å². The van der Waals surface area contributed by atoms with Crippen molar-refractivity contribution in [2.45, 2.75) is 77.9 Å². The molecule has 16 rings (SSSR count). The summed E-state index contributed by atoms with van der Waals surface area (Å²) < 4.78 is 172. The zero-order valence-electron chi connectivity index (χ0n) is 62.7. The Bertz CT molecular complexity index is 6720. The van der Waals surface area contributed by atoms with Gasteiger partial charge in [-0.25, -0.2) is 9.80 Å². The highest BCUT2D eigenvalue weighted by molar-refractivity contribution is 7.86. The maximum atomic E-state index is 16.9. The van der Waals surface area contributed by atoms with Gasteiger partial charge in [0.1, 0.15) is 46.0 Å². The van der Waals surface area contributed by atoms with E-state index in [1.807, 2.05) is 73.7 Å². The van der Waals surface area contributed by atoms with Gasteiger partial charge in [-0.15, -0.1) is 0 Å². The van der Waals surface area contributed by atoms with Crippen LogP contribution in [0.4, 0.5) is 11.4 Å². The number of benzene rings is 11. The summed E-state index contributed by atoms with van der Waals surface area (Å²) in [5, 5.41) is -0.780. The van der Waals surface area contributed by atoms with Crippen molar-refractivity contribution in [1.29, 1.82) is 0 Å². The van der Waals surface area contributed by atoms with Gasteiger partial charge < -0.3 is 18.9 Å². The van der Waals surface area contributed by atoms with Gasteiger partial charge in [0, 0.05) is 86.5 Å². The monoisotopic (exact) mass is 1670 g/mol. The molecule has 0 spiro atoms. The van der Waals surface area contributed by atoms with Crippen LogP contribution in [-0.4, -0.2) is 97.2 Å². The molecule has 4 amide bonds. The largest absolute Gasteiger partial charge is 0.457 e. The predicted octanol–water partition coefficient (Wildman–Crippen LogP) is 17.1. The van der Waals surface area contributed by atoms with E-state index in [1.165, 1.54) is 79.0 Å². The lowest BCUT2D eigenvalue weighted by Crippen LogP contribution is -2.42. The van der Waals surface area contributed by atoms with Crippen LogP contribution in [0.1, 0.15) is 93.7 Å². The highest BCUT2D eigenvalue weighted by Gasteiger charge is 2.44. The Labute approximate surface area is 681 Å². The number of para-hydroxylation sites is 2. The minimum atomic E-state index is -4.86. The molecule has 0 unspecified atom stereocenters.